The van der Waals surface area contributed by atoms with Crippen LogP contribution in [0.2, 0.25) is 0 Å². The molecule has 0 bridgehead atoms. The monoisotopic (exact) mass is 352 g/mol. The lowest BCUT2D eigenvalue weighted by atomic mass is 10.1. The summed E-state index contributed by atoms with van der Waals surface area (Å²) in [5.41, 5.74) is 5.14. The van der Waals surface area contributed by atoms with Crippen molar-refractivity contribution in [3.63, 3.8) is 0 Å². The number of amides is 1. The Hall–Kier alpha value is -2.22. The number of anilines is 2. The van der Waals surface area contributed by atoms with E-state index in [9.17, 15) is 4.79 Å². The van der Waals surface area contributed by atoms with Gasteiger partial charge in [-0.15, -0.1) is 0 Å². The predicted octanol–water partition coefficient (Wildman–Crippen LogP) is 2.09. The van der Waals surface area contributed by atoms with Gasteiger partial charge in [-0.25, -0.2) is 9.78 Å². The van der Waals surface area contributed by atoms with Gasteiger partial charge in [-0.3, -0.25) is 4.90 Å². The molecule has 2 N–H and O–H groups in total. The van der Waals surface area contributed by atoms with Gasteiger partial charge in [-0.05, 0) is 27.7 Å². The summed E-state index contributed by atoms with van der Waals surface area (Å²) < 4.78 is 16.6. The van der Waals surface area contributed by atoms with E-state index in [0.717, 1.165) is 5.69 Å². The van der Waals surface area contributed by atoms with E-state index in [0.29, 0.717) is 31.2 Å². The standard InChI is InChI=1S/C17H28N4O4/c1-16(2,3)25-15(22)21-8-7-20(11-17(21,4)24-6)12-10-19-14(18)9-13(12)23-5/h9-10H,7-8,11H2,1-6H3,(H2,18,19)/t17-/m1/s1. The van der Waals surface area contributed by atoms with Gasteiger partial charge in [0.15, 0.2) is 5.72 Å². The van der Waals surface area contributed by atoms with Crippen LogP contribution in [0.5, 0.6) is 5.75 Å². The molecule has 1 aromatic heterocycles. The fraction of sp³-hybridized carbons (Fsp3) is 0.647. The van der Waals surface area contributed by atoms with Crippen LogP contribution >= 0.6 is 0 Å². The maximum Gasteiger partial charge on any atom is 0.412 e. The molecule has 1 atom stereocenters. The number of nitrogens with two attached hydrogens (primary N) is 1. The topological polar surface area (TPSA) is 90.2 Å². The van der Waals surface area contributed by atoms with Crippen molar-refractivity contribution in [1.29, 1.82) is 0 Å². The van der Waals surface area contributed by atoms with E-state index >= 15 is 0 Å². The Kier molecular flexibility index (Phi) is 5.31. The number of carbonyl (C=O) groups is 1. The predicted molar refractivity (Wildman–Crippen MR) is 95.8 cm³/mol. The van der Waals surface area contributed by atoms with Gasteiger partial charge in [-0.1, -0.05) is 0 Å². The van der Waals surface area contributed by atoms with Crippen molar-refractivity contribution in [2.45, 2.75) is 39.0 Å². The summed E-state index contributed by atoms with van der Waals surface area (Å²) in [5.74, 6) is 1.03. The maximum absolute atomic E-state index is 12.6. The highest BCUT2D eigenvalue weighted by atomic mass is 16.6. The summed E-state index contributed by atoms with van der Waals surface area (Å²) in [6, 6.07) is 1.68. The van der Waals surface area contributed by atoms with Gasteiger partial charge in [-0.2, -0.15) is 0 Å². The van der Waals surface area contributed by atoms with Gasteiger partial charge in [0.05, 0.1) is 25.5 Å². The highest BCUT2D eigenvalue weighted by Gasteiger charge is 2.43. The van der Waals surface area contributed by atoms with E-state index in [1.807, 2.05) is 27.7 Å². The number of hydrogen-bond acceptors (Lipinski definition) is 7. The van der Waals surface area contributed by atoms with Crippen LogP contribution in [0.15, 0.2) is 12.3 Å². The Morgan fingerprint density at radius 1 is 1.32 bits per heavy atom. The number of rotatable bonds is 3. The smallest absolute Gasteiger partial charge is 0.412 e. The molecule has 0 unspecified atom stereocenters. The van der Waals surface area contributed by atoms with Crippen molar-refractivity contribution in [3.8, 4) is 5.75 Å². The average Bonchev–Trinajstić information content (AvgIpc) is 2.52. The number of hydrogen-bond donors (Lipinski definition) is 1. The van der Waals surface area contributed by atoms with Crippen molar-refractivity contribution >= 4 is 17.6 Å². The van der Waals surface area contributed by atoms with Crippen LogP contribution in [0.3, 0.4) is 0 Å². The van der Waals surface area contributed by atoms with Gasteiger partial charge in [0.25, 0.3) is 0 Å². The molecular weight excluding hydrogens is 324 g/mol. The van der Waals surface area contributed by atoms with Crippen LogP contribution in [0.4, 0.5) is 16.3 Å². The minimum absolute atomic E-state index is 0.390. The zero-order valence-corrected chi connectivity index (χ0v) is 15.8. The Balaban J connectivity index is 2.24. The van der Waals surface area contributed by atoms with E-state index in [4.69, 9.17) is 19.9 Å². The van der Waals surface area contributed by atoms with Crippen molar-refractivity contribution in [2.75, 3.05) is 44.5 Å². The zero-order chi connectivity index (χ0) is 18.8. The van der Waals surface area contributed by atoms with Gasteiger partial charge in [0.1, 0.15) is 17.2 Å². The molecule has 0 spiro atoms. The lowest BCUT2D eigenvalue weighted by Crippen LogP contribution is -2.64. The largest absolute Gasteiger partial charge is 0.494 e. The number of nitrogens with zero attached hydrogens (tertiary/aromatic N) is 3. The van der Waals surface area contributed by atoms with Crippen molar-refractivity contribution in [2.24, 2.45) is 0 Å². The Bertz CT molecular complexity index is 632. The fourth-order valence-electron chi connectivity index (χ4n) is 2.80. The molecule has 140 valence electrons. The summed E-state index contributed by atoms with van der Waals surface area (Å²) in [7, 11) is 3.17. The summed E-state index contributed by atoms with van der Waals surface area (Å²) in [4.78, 5) is 20.4. The van der Waals surface area contributed by atoms with E-state index in [1.54, 1.807) is 31.4 Å². The van der Waals surface area contributed by atoms with Gasteiger partial charge in [0.2, 0.25) is 0 Å². The lowest BCUT2D eigenvalue weighted by molar-refractivity contribution is -0.121. The van der Waals surface area contributed by atoms with E-state index < -0.39 is 11.3 Å². The third-order valence-electron chi connectivity index (χ3n) is 4.13. The fourth-order valence-corrected chi connectivity index (χ4v) is 2.80. The molecule has 1 aliphatic rings. The molecule has 0 radical (unpaired) electrons. The molecule has 1 fully saturated rings. The van der Waals surface area contributed by atoms with Gasteiger partial charge < -0.3 is 24.8 Å². The van der Waals surface area contributed by atoms with Gasteiger partial charge >= 0.3 is 6.09 Å². The number of ether oxygens (including phenoxy) is 3. The number of carbonyl (C=O) groups excluding carboxylic acids is 1. The Morgan fingerprint density at radius 3 is 2.56 bits per heavy atom. The highest BCUT2D eigenvalue weighted by Crippen LogP contribution is 2.33. The van der Waals surface area contributed by atoms with E-state index in [1.165, 1.54) is 0 Å². The molecule has 1 aromatic rings. The molecule has 1 amide bonds. The number of piperazine rings is 1. The van der Waals surface area contributed by atoms with Crippen LogP contribution in [0.25, 0.3) is 0 Å². The number of aromatic nitrogens is 1. The van der Waals surface area contributed by atoms with Crippen LogP contribution < -0.4 is 15.4 Å². The summed E-state index contributed by atoms with van der Waals surface area (Å²) in [6.07, 6.45) is 1.28. The first-order valence-corrected chi connectivity index (χ1v) is 8.20. The summed E-state index contributed by atoms with van der Waals surface area (Å²) in [6.45, 7) is 8.89. The minimum Gasteiger partial charge on any atom is -0.494 e. The van der Waals surface area contributed by atoms with Crippen LogP contribution in [0, 0.1) is 0 Å². The third kappa shape index (κ3) is 4.25. The average molecular weight is 352 g/mol. The summed E-state index contributed by atoms with van der Waals surface area (Å²) >= 11 is 0. The normalized spacial score (nSPS) is 21.2. The van der Waals surface area contributed by atoms with Crippen LogP contribution in [0.1, 0.15) is 27.7 Å². The van der Waals surface area contributed by atoms with Crippen molar-refractivity contribution in [3.05, 3.63) is 12.3 Å². The van der Waals surface area contributed by atoms with Gasteiger partial charge in [0, 0.05) is 26.3 Å². The van der Waals surface area contributed by atoms with E-state index in [2.05, 4.69) is 9.88 Å². The third-order valence-corrected chi connectivity index (χ3v) is 4.13. The minimum atomic E-state index is -0.840. The molecule has 0 aromatic carbocycles. The zero-order valence-electron chi connectivity index (χ0n) is 15.8. The molecular formula is C17H28N4O4. The second kappa shape index (κ2) is 6.95. The molecule has 8 nitrogen and oxygen atoms in total. The highest BCUT2D eigenvalue weighted by molar-refractivity contribution is 5.70. The Labute approximate surface area is 148 Å². The number of pyridine rings is 1. The number of methoxy groups -OCH3 is 2. The second-order valence-corrected chi connectivity index (χ2v) is 7.21. The first-order valence-electron chi connectivity index (χ1n) is 8.20. The van der Waals surface area contributed by atoms with Crippen LogP contribution in [-0.4, -0.2) is 61.2 Å². The molecule has 0 saturated carbocycles. The van der Waals surface area contributed by atoms with Crippen molar-refractivity contribution < 1.29 is 19.0 Å². The Morgan fingerprint density at radius 2 is 2.00 bits per heavy atom. The molecule has 1 saturated heterocycles. The molecule has 0 aliphatic carbocycles. The maximum atomic E-state index is 12.6. The molecule has 1 aliphatic heterocycles. The van der Waals surface area contributed by atoms with E-state index in [-0.39, 0.29) is 6.09 Å². The first-order chi connectivity index (χ1) is 11.6. The lowest BCUT2D eigenvalue weighted by Gasteiger charge is -2.48. The second-order valence-electron chi connectivity index (χ2n) is 7.21. The molecule has 25 heavy (non-hydrogen) atoms. The molecule has 2 heterocycles. The van der Waals surface area contributed by atoms with Crippen LogP contribution in [-0.2, 0) is 9.47 Å². The quantitative estimate of drug-likeness (QED) is 0.891. The number of nitrogen functional groups attached to an aromatic ring is 1. The summed E-state index contributed by atoms with van der Waals surface area (Å²) in [5, 5.41) is 0. The molecule has 2 rings (SSSR count). The molecule has 8 heteroatoms. The first kappa shape index (κ1) is 19.1. The SMILES string of the molecule is COc1cc(N)ncc1N1CCN(C(=O)OC(C)(C)C)[C@](C)(OC)C1. The van der Waals surface area contributed by atoms with Crippen molar-refractivity contribution in [1.82, 2.24) is 9.88 Å².